The van der Waals surface area contributed by atoms with Gasteiger partial charge >= 0.3 is 0 Å². The number of fused-ring (bicyclic) bond motifs is 2. The fourth-order valence-corrected chi connectivity index (χ4v) is 5.44. The number of thiazole rings is 1. The molecule has 0 spiro atoms. The first-order valence-electron chi connectivity index (χ1n) is 11.2. The summed E-state index contributed by atoms with van der Waals surface area (Å²) in [4.78, 5) is 20.4. The number of thioether (sulfide) groups is 1. The highest BCUT2D eigenvalue weighted by atomic mass is 32.2. The molecule has 6 nitrogen and oxygen atoms in total. The summed E-state index contributed by atoms with van der Waals surface area (Å²) >= 11 is 1.73. The lowest BCUT2D eigenvalue weighted by atomic mass is 10.1. The van der Waals surface area contributed by atoms with Gasteiger partial charge in [-0.25, -0.2) is 4.98 Å². The Morgan fingerprint density at radius 2 is 1.91 bits per heavy atom. The van der Waals surface area contributed by atoms with E-state index in [1.165, 1.54) is 11.3 Å². The molecule has 35 heavy (non-hydrogen) atoms. The highest BCUT2D eigenvalue weighted by Crippen LogP contribution is 2.33. The molecule has 1 aromatic heterocycles. The lowest BCUT2D eigenvalue weighted by Gasteiger charge is -2.26. The van der Waals surface area contributed by atoms with Gasteiger partial charge in [0.05, 0.1) is 29.0 Å². The third-order valence-electron chi connectivity index (χ3n) is 5.67. The second kappa shape index (κ2) is 10.9. The Kier molecular flexibility index (Phi) is 7.43. The number of amides is 1. The zero-order valence-electron chi connectivity index (χ0n) is 18.7. The van der Waals surface area contributed by atoms with E-state index >= 15 is 0 Å². The molecule has 0 radical (unpaired) electrons. The number of rotatable bonds is 8. The van der Waals surface area contributed by atoms with Gasteiger partial charge in [-0.1, -0.05) is 47.4 Å². The maximum absolute atomic E-state index is 13.3. The molecule has 5 rings (SSSR count). The van der Waals surface area contributed by atoms with E-state index < -0.39 is 5.76 Å². The molecule has 0 aliphatic carbocycles. The van der Waals surface area contributed by atoms with Crippen molar-refractivity contribution < 1.29 is 23.0 Å². The molecule has 1 fully saturated rings. The van der Waals surface area contributed by atoms with Crippen LogP contribution < -0.4 is 10.1 Å². The van der Waals surface area contributed by atoms with Crippen LogP contribution in [0.15, 0.2) is 59.5 Å². The number of ether oxygens (including phenoxy) is 2. The van der Waals surface area contributed by atoms with Gasteiger partial charge in [-0.2, -0.15) is 8.78 Å². The summed E-state index contributed by atoms with van der Waals surface area (Å²) in [6.07, 6.45) is 0. The third-order valence-corrected chi connectivity index (χ3v) is 7.30. The molecule has 1 N–H and O–H groups in total. The van der Waals surface area contributed by atoms with E-state index in [1.807, 2.05) is 36.4 Å². The van der Waals surface area contributed by atoms with Crippen molar-refractivity contribution in [1.29, 1.82) is 0 Å². The van der Waals surface area contributed by atoms with Gasteiger partial charge in [0, 0.05) is 24.5 Å². The van der Waals surface area contributed by atoms with Crippen molar-refractivity contribution in [2.24, 2.45) is 0 Å². The monoisotopic (exact) mass is 515 g/mol. The Morgan fingerprint density at radius 3 is 2.69 bits per heavy atom. The molecule has 2 heterocycles. The molecule has 182 valence electrons. The first-order chi connectivity index (χ1) is 17.0. The topological polar surface area (TPSA) is 63.7 Å². The van der Waals surface area contributed by atoms with E-state index in [0.717, 1.165) is 35.1 Å². The number of hydrogen-bond acceptors (Lipinski definition) is 7. The van der Waals surface area contributed by atoms with Crippen molar-refractivity contribution in [3.8, 4) is 5.75 Å². The molecule has 0 atom stereocenters. The predicted octanol–water partition coefficient (Wildman–Crippen LogP) is 5.73. The highest BCUT2D eigenvalue weighted by molar-refractivity contribution is 7.99. The highest BCUT2D eigenvalue weighted by Gasteiger charge is 2.18. The van der Waals surface area contributed by atoms with Crippen molar-refractivity contribution in [3.05, 3.63) is 60.2 Å². The summed E-state index contributed by atoms with van der Waals surface area (Å²) in [6, 6.07) is 16.5. The van der Waals surface area contributed by atoms with Crippen LogP contribution >= 0.6 is 23.1 Å². The van der Waals surface area contributed by atoms with Gasteiger partial charge in [-0.15, -0.1) is 0 Å². The fourth-order valence-electron chi connectivity index (χ4n) is 3.92. The molecule has 0 saturated carbocycles. The average Bonchev–Trinajstić information content (AvgIpc) is 3.25. The Labute approximate surface area is 209 Å². The van der Waals surface area contributed by atoms with Gasteiger partial charge in [0.2, 0.25) is 0 Å². The van der Waals surface area contributed by atoms with Gasteiger partial charge < -0.3 is 9.47 Å². The Morgan fingerprint density at radius 1 is 1.14 bits per heavy atom. The Hall–Kier alpha value is -2.79. The van der Waals surface area contributed by atoms with Crippen LogP contribution in [0.3, 0.4) is 0 Å². The fraction of sp³-hybridized carbons (Fsp3) is 0.280. The number of benzene rings is 3. The van der Waals surface area contributed by atoms with Crippen LogP contribution in [0.25, 0.3) is 21.0 Å². The summed E-state index contributed by atoms with van der Waals surface area (Å²) in [7, 11) is 0. The summed E-state index contributed by atoms with van der Waals surface area (Å²) in [6.45, 7) is 4.35. The summed E-state index contributed by atoms with van der Waals surface area (Å²) in [5.74, 6) is -2.32. The number of nitrogens with one attached hydrogen (secondary N) is 1. The largest absolute Gasteiger partial charge is 0.491 e. The van der Waals surface area contributed by atoms with Crippen LogP contribution in [0.2, 0.25) is 0 Å². The zero-order chi connectivity index (χ0) is 24.2. The average molecular weight is 516 g/mol. The van der Waals surface area contributed by atoms with Crippen molar-refractivity contribution >= 4 is 55.1 Å². The van der Waals surface area contributed by atoms with Crippen LogP contribution in [-0.2, 0) is 4.74 Å². The molecule has 4 aromatic rings. The van der Waals surface area contributed by atoms with E-state index in [4.69, 9.17) is 9.47 Å². The lowest BCUT2D eigenvalue weighted by molar-refractivity contribution is 0.0322. The molecule has 3 aromatic carbocycles. The van der Waals surface area contributed by atoms with E-state index in [9.17, 15) is 13.6 Å². The second-order valence-electron chi connectivity index (χ2n) is 7.98. The van der Waals surface area contributed by atoms with Crippen molar-refractivity contribution in [2.75, 3.05) is 44.8 Å². The minimum absolute atomic E-state index is 0.335. The van der Waals surface area contributed by atoms with Gasteiger partial charge in [-0.05, 0) is 41.1 Å². The number of carbonyl (C=O) groups is 1. The molecule has 10 heteroatoms. The number of morpholine rings is 1. The smallest absolute Gasteiger partial charge is 0.288 e. The van der Waals surface area contributed by atoms with Crippen LogP contribution in [-0.4, -0.2) is 61.0 Å². The van der Waals surface area contributed by atoms with Crippen LogP contribution in [0.4, 0.5) is 13.9 Å². The van der Waals surface area contributed by atoms with Gasteiger partial charge in [0.15, 0.2) is 5.13 Å². The van der Waals surface area contributed by atoms with Gasteiger partial charge in [0.25, 0.3) is 11.7 Å². The SMILES string of the molecule is O=C(Nc1nc2ccc(SC(F)F)cc2s1)c1cc2ccccc2cc1OCCN1CCOCC1. The maximum atomic E-state index is 13.3. The molecule has 1 aliphatic heterocycles. The quantitative estimate of drug-likeness (QED) is 0.303. The zero-order valence-corrected chi connectivity index (χ0v) is 20.3. The minimum atomic E-state index is -2.49. The van der Waals surface area contributed by atoms with E-state index in [0.29, 0.717) is 58.4 Å². The molecule has 1 amide bonds. The standard InChI is InChI=1S/C25H23F2N3O3S2/c26-24(27)34-18-5-6-20-22(15-18)35-25(28-20)29-23(31)19-13-16-3-1-2-4-17(16)14-21(19)33-12-9-30-7-10-32-11-8-30/h1-6,13-15,24H,7-12H2,(H,28,29,31). The van der Waals surface area contributed by atoms with Crippen molar-refractivity contribution in [3.63, 3.8) is 0 Å². The number of halogens is 2. The number of alkyl halides is 2. The number of carbonyl (C=O) groups excluding carboxylic acids is 1. The first-order valence-corrected chi connectivity index (χ1v) is 12.9. The molecular weight excluding hydrogens is 492 g/mol. The summed E-state index contributed by atoms with van der Waals surface area (Å²) < 4.78 is 37.6. The Bertz CT molecular complexity index is 1340. The van der Waals surface area contributed by atoms with E-state index in [-0.39, 0.29) is 5.91 Å². The Balaban J connectivity index is 1.36. The number of hydrogen-bond donors (Lipinski definition) is 1. The molecular formula is C25H23F2N3O3S2. The maximum Gasteiger partial charge on any atom is 0.288 e. The molecule has 0 unspecified atom stereocenters. The van der Waals surface area contributed by atoms with Crippen LogP contribution in [0, 0.1) is 0 Å². The predicted molar refractivity (Wildman–Crippen MR) is 136 cm³/mol. The van der Waals surface area contributed by atoms with E-state index in [2.05, 4.69) is 15.2 Å². The van der Waals surface area contributed by atoms with Crippen molar-refractivity contribution in [2.45, 2.75) is 10.7 Å². The summed E-state index contributed by atoms with van der Waals surface area (Å²) in [5, 5.41) is 5.17. The lowest BCUT2D eigenvalue weighted by Crippen LogP contribution is -2.38. The number of anilines is 1. The van der Waals surface area contributed by atoms with E-state index in [1.54, 1.807) is 18.2 Å². The molecule has 0 bridgehead atoms. The molecule has 1 saturated heterocycles. The van der Waals surface area contributed by atoms with Gasteiger partial charge in [0.1, 0.15) is 12.4 Å². The third kappa shape index (κ3) is 5.90. The van der Waals surface area contributed by atoms with Crippen LogP contribution in [0.5, 0.6) is 5.75 Å². The summed E-state index contributed by atoms with van der Waals surface area (Å²) in [5.41, 5.74) is 1.06. The second-order valence-corrected chi connectivity index (χ2v) is 10.1. The number of nitrogens with zero attached hydrogens (tertiary/aromatic N) is 2. The van der Waals surface area contributed by atoms with Crippen molar-refractivity contribution in [1.82, 2.24) is 9.88 Å². The van der Waals surface area contributed by atoms with Gasteiger partial charge in [-0.3, -0.25) is 15.0 Å². The first kappa shape index (κ1) is 23.9. The minimum Gasteiger partial charge on any atom is -0.491 e. The number of aromatic nitrogens is 1. The molecule has 1 aliphatic rings. The normalized spacial score (nSPS) is 14.6. The van der Waals surface area contributed by atoms with Crippen LogP contribution in [0.1, 0.15) is 10.4 Å².